The molecular weight excluding hydrogens is 511 g/mol. The Hall–Kier alpha value is -2.80. The zero-order valence-corrected chi connectivity index (χ0v) is 20.2. The molecule has 0 radical (unpaired) electrons. The summed E-state index contributed by atoms with van der Waals surface area (Å²) in [6.45, 7) is 2.16. The number of hydrogen-bond donors (Lipinski definition) is 2. The summed E-state index contributed by atoms with van der Waals surface area (Å²) in [6.07, 6.45) is 7.60. The van der Waals surface area contributed by atoms with E-state index in [9.17, 15) is 5.11 Å². The third-order valence-electron chi connectivity index (χ3n) is 6.40. The molecule has 2 aliphatic rings. The lowest BCUT2D eigenvalue weighted by molar-refractivity contribution is 0.371. The fourth-order valence-electron chi connectivity index (χ4n) is 4.78. The maximum Gasteiger partial charge on any atom is 0.171 e. The molecule has 0 spiro atoms. The number of phenols is 1. The van der Waals surface area contributed by atoms with Crippen molar-refractivity contribution in [2.75, 3.05) is 12.4 Å². The molecule has 4 nitrogen and oxygen atoms in total. The number of methoxy groups -OCH3 is 1. The number of benzene rings is 3. The Bertz CT molecular complexity index is 1220. The first-order chi connectivity index (χ1) is 15.5. The van der Waals surface area contributed by atoms with Gasteiger partial charge < -0.3 is 15.2 Å². The van der Waals surface area contributed by atoms with Gasteiger partial charge in [-0.05, 0) is 88.9 Å². The molecule has 2 N–H and O–H groups in total. The highest BCUT2D eigenvalue weighted by atomic mass is 127. The van der Waals surface area contributed by atoms with Crippen molar-refractivity contribution in [1.82, 2.24) is 0 Å². The summed E-state index contributed by atoms with van der Waals surface area (Å²) in [5, 5.41) is 13.8. The van der Waals surface area contributed by atoms with E-state index in [1.165, 1.54) is 22.4 Å². The minimum absolute atomic E-state index is 0.158. The number of ether oxygens (including phenoxy) is 1. The average Bonchev–Trinajstić information content (AvgIpc) is 3.30. The van der Waals surface area contributed by atoms with E-state index in [-0.39, 0.29) is 11.8 Å². The topological polar surface area (TPSA) is 53.8 Å². The van der Waals surface area contributed by atoms with Gasteiger partial charge >= 0.3 is 0 Å². The Morgan fingerprint density at radius 3 is 2.72 bits per heavy atom. The van der Waals surface area contributed by atoms with Crippen LogP contribution in [0.3, 0.4) is 0 Å². The molecular formula is C27H25IN2O2. The molecule has 5 heteroatoms. The lowest BCUT2D eigenvalue weighted by Gasteiger charge is -2.37. The molecule has 0 fully saturated rings. The molecule has 1 aliphatic heterocycles. The van der Waals surface area contributed by atoms with Gasteiger partial charge in [-0.3, -0.25) is 4.99 Å². The van der Waals surface area contributed by atoms with E-state index in [4.69, 9.17) is 4.74 Å². The molecule has 3 aromatic rings. The number of nitrogens with zero attached hydrogens (tertiary/aromatic N) is 1. The maximum atomic E-state index is 10.0. The van der Waals surface area contributed by atoms with Crippen LogP contribution in [0.2, 0.25) is 0 Å². The highest BCUT2D eigenvalue weighted by Crippen LogP contribution is 2.50. The van der Waals surface area contributed by atoms with Crippen LogP contribution in [0.25, 0.3) is 0 Å². The number of fused-ring (bicyclic) bond motifs is 3. The molecule has 5 rings (SSSR count). The van der Waals surface area contributed by atoms with E-state index in [0.717, 1.165) is 21.2 Å². The zero-order valence-electron chi connectivity index (χ0n) is 18.0. The van der Waals surface area contributed by atoms with Crippen LogP contribution in [-0.2, 0) is 0 Å². The van der Waals surface area contributed by atoms with Gasteiger partial charge in [-0.1, -0.05) is 42.0 Å². The molecule has 0 unspecified atom stereocenters. The zero-order chi connectivity index (χ0) is 22.2. The summed E-state index contributed by atoms with van der Waals surface area (Å²) in [5.41, 5.74) is 7.03. The van der Waals surface area contributed by atoms with E-state index in [1.807, 2.05) is 6.07 Å². The molecule has 3 atom stereocenters. The number of nitrogens with one attached hydrogen (secondary N) is 1. The molecule has 1 heterocycles. The second-order valence-corrected chi connectivity index (χ2v) is 9.63. The SMILES string of the molecule is COc1cc(C=Nc2ccc([C@@H]3Nc4ccc(C)cc4[C@H]4C=CC[C@@H]43)cc2)cc(I)c1O. The van der Waals surface area contributed by atoms with Crippen LogP contribution in [0.1, 0.15) is 40.6 Å². The number of allylic oxidation sites excluding steroid dienone is 2. The fourth-order valence-corrected chi connectivity index (χ4v) is 5.41. The van der Waals surface area contributed by atoms with Crippen molar-refractivity contribution < 1.29 is 9.84 Å². The van der Waals surface area contributed by atoms with Crippen molar-refractivity contribution in [3.8, 4) is 11.5 Å². The quantitative estimate of drug-likeness (QED) is 0.217. The first-order valence-electron chi connectivity index (χ1n) is 10.8. The Kier molecular flexibility index (Phi) is 5.67. The van der Waals surface area contributed by atoms with Gasteiger partial charge in [-0.25, -0.2) is 0 Å². The van der Waals surface area contributed by atoms with Crippen LogP contribution >= 0.6 is 22.6 Å². The van der Waals surface area contributed by atoms with Crippen molar-refractivity contribution in [3.05, 3.63) is 92.6 Å². The average molecular weight is 536 g/mol. The van der Waals surface area contributed by atoms with Crippen LogP contribution in [-0.4, -0.2) is 18.4 Å². The van der Waals surface area contributed by atoms with E-state index in [1.54, 1.807) is 19.4 Å². The summed E-state index contributed by atoms with van der Waals surface area (Å²) in [6, 6.07) is 19.2. The van der Waals surface area contributed by atoms with Gasteiger partial charge in [0.25, 0.3) is 0 Å². The Morgan fingerprint density at radius 1 is 1.12 bits per heavy atom. The van der Waals surface area contributed by atoms with Gasteiger partial charge in [0.1, 0.15) is 0 Å². The van der Waals surface area contributed by atoms with E-state index in [0.29, 0.717) is 17.6 Å². The number of aromatic hydroxyl groups is 1. The molecule has 0 bridgehead atoms. The molecule has 0 saturated carbocycles. The Labute approximate surface area is 202 Å². The standard InChI is InChI=1S/C27H25IN2O2/c1-16-6-11-24-22(12-16)20-4-3-5-21(20)26(30-24)18-7-9-19(10-8-18)29-15-17-13-23(28)27(31)25(14-17)32-2/h3-4,6-15,20-21,26,30-31H,5H2,1-2H3/t20-,21-,26-/m0/s1. The van der Waals surface area contributed by atoms with Crippen LogP contribution in [0, 0.1) is 16.4 Å². The number of aryl methyl sites for hydroxylation is 1. The van der Waals surface area contributed by atoms with Crippen LogP contribution in [0.5, 0.6) is 11.5 Å². The lowest BCUT2D eigenvalue weighted by atomic mass is 9.76. The second kappa shape index (κ2) is 8.62. The maximum absolute atomic E-state index is 10.0. The van der Waals surface area contributed by atoms with Crippen molar-refractivity contribution in [1.29, 1.82) is 0 Å². The normalized spacial score (nSPS) is 21.3. The highest BCUT2D eigenvalue weighted by Gasteiger charge is 2.37. The summed E-state index contributed by atoms with van der Waals surface area (Å²) < 4.78 is 5.97. The molecule has 162 valence electrons. The minimum Gasteiger partial charge on any atom is -0.504 e. The van der Waals surface area contributed by atoms with Crippen molar-refractivity contribution in [2.24, 2.45) is 10.9 Å². The number of phenolic OH excluding ortho intramolecular Hbond substituents is 1. The smallest absolute Gasteiger partial charge is 0.171 e. The first-order valence-corrected chi connectivity index (χ1v) is 11.9. The monoisotopic (exact) mass is 536 g/mol. The first kappa shape index (κ1) is 21.1. The number of aliphatic imine (C=N–C) groups is 1. The van der Waals surface area contributed by atoms with Gasteiger partial charge in [-0.2, -0.15) is 0 Å². The van der Waals surface area contributed by atoms with E-state index >= 15 is 0 Å². The third-order valence-corrected chi connectivity index (χ3v) is 7.23. The fraction of sp³-hybridized carbons (Fsp3) is 0.222. The van der Waals surface area contributed by atoms with Gasteiger partial charge in [0.05, 0.1) is 22.4 Å². The summed E-state index contributed by atoms with van der Waals surface area (Å²) in [7, 11) is 1.55. The number of rotatable bonds is 4. The Morgan fingerprint density at radius 2 is 1.94 bits per heavy atom. The molecule has 0 aromatic heterocycles. The molecule has 3 aromatic carbocycles. The third kappa shape index (κ3) is 3.90. The van der Waals surface area contributed by atoms with Gasteiger partial charge in [0, 0.05) is 17.8 Å². The predicted octanol–water partition coefficient (Wildman–Crippen LogP) is 6.89. The van der Waals surface area contributed by atoms with Crippen LogP contribution in [0.15, 0.2) is 71.7 Å². The molecule has 1 aliphatic carbocycles. The van der Waals surface area contributed by atoms with Gasteiger partial charge in [0.2, 0.25) is 0 Å². The van der Waals surface area contributed by atoms with Gasteiger partial charge in [-0.15, -0.1) is 0 Å². The summed E-state index contributed by atoms with van der Waals surface area (Å²) in [4.78, 5) is 4.62. The summed E-state index contributed by atoms with van der Waals surface area (Å²) >= 11 is 2.09. The number of anilines is 1. The van der Waals surface area contributed by atoms with Crippen LogP contribution in [0.4, 0.5) is 11.4 Å². The molecule has 32 heavy (non-hydrogen) atoms. The minimum atomic E-state index is 0.158. The van der Waals surface area contributed by atoms with Crippen molar-refractivity contribution >= 4 is 40.2 Å². The van der Waals surface area contributed by atoms with Crippen molar-refractivity contribution in [3.63, 3.8) is 0 Å². The van der Waals surface area contributed by atoms with Crippen molar-refractivity contribution in [2.45, 2.75) is 25.3 Å². The Balaban J connectivity index is 1.38. The largest absolute Gasteiger partial charge is 0.504 e. The molecule has 0 amide bonds. The van der Waals surface area contributed by atoms with E-state index < -0.39 is 0 Å². The number of halogens is 1. The highest BCUT2D eigenvalue weighted by molar-refractivity contribution is 14.1. The predicted molar refractivity (Wildman–Crippen MR) is 139 cm³/mol. The second-order valence-electron chi connectivity index (χ2n) is 8.47. The lowest BCUT2D eigenvalue weighted by Crippen LogP contribution is -2.29. The summed E-state index contributed by atoms with van der Waals surface area (Å²) in [5.74, 6) is 1.62. The van der Waals surface area contributed by atoms with Gasteiger partial charge in [0.15, 0.2) is 11.5 Å². The molecule has 0 saturated heterocycles. The van der Waals surface area contributed by atoms with E-state index in [2.05, 4.69) is 94.4 Å². The number of hydrogen-bond acceptors (Lipinski definition) is 4. The van der Waals surface area contributed by atoms with Crippen LogP contribution < -0.4 is 10.1 Å².